The van der Waals surface area contributed by atoms with Crippen molar-refractivity contribution in [2.24, 2.45) is 11.8 Å². The van der Waals surface area contributed by atoms with Crippen LogP contribution in [0.3, 0.4) is 0 Å². The Kier molecular flexibility index (Phi) is 5.86. The van der Waals surface area contributed by atoms with E-state index in [0.717, 1.165) is 25.3 Å². The van der Waals surface area contributed by atoms with Crippen molar-refractivity contribution in [3.8, 4) is 5.75 Å². The largest absolute Gasteiger partial charge is 0.493 e. The topological polar surface area (TPSA) is 41.5 Å². The van der Waals surface area contributed by atoms with E-state index in [1.165, 1.54) is 18.4 Å². The Hall–Kier alpha value is -1.06. The number of para-hydroxylation sites is 1. The molecule has 1 aromatic carbocycles. The minimum absolute atomic E-state index is 0.284. The van der Waals surface area contributed by atoms with Gasteiger partial charge in [-0.05, 0) is 31.4 Å². The molecule has 0 saturated carbocycles. The first-order valence-electron chi connectivity index (χ1n) is 7.82. The van der Waals surface area contributed by atoms with Crippen LogP contribution < -0.4 is 10.1 Å². The maximum Gasteiger partial charge on any atom is 0.124 e. The molecule has 3 unspecified atom stereocenters. The maximum absolute atomic E-state index is 9.16. The molecule has 3 heteroatoms. The van der Waals surface area contributed by atoms with Crippen molar-refractivity contribution in [3.05, 3.63) is 29.8 Å². The molecule has 0 bridgehead atoms. The smallest absolute Gasteiger partial charge is 0.124 e. The van der Waals surface area contributed by atoms with E-state index in [1.807, 2.05) is 12.1 Å². The fourth-order valence-corrected chi connectivity index (χ4v) is 3.04. The molecule has 1 aliphatic heterocycles. The van der Waals surface area contributed by atoms with E-state index < -0.39 is 0 Å². The molecule has 0 fully saturated rings. The fourth-order valence-electron chi connectivity index (χ4n) is 3.04. The summed E-state index contributed by atoms with van der Waals surface area (Å²) in [4.78, 5) is 0. The van der Waals surface area contributed by atoms with Crippen LogP contribution in [-0.2, 0) is 0 Å². The van der Waals surface area contributed by atoms with Gasteiger partial charge in [-0.1, -0.05) is 38.5 Å². The number of benzene rings is 1. The van der Waals surface area contributed by atoms with Crippen molar-refractivity contribution in [3.63, 3.8) is 0 Å². The molecule has 20 heavy (non-hydrogen) atoms. The van der Waals surface area contributed by atoms with Crippen molar-refractivity contribution in [1.82, 2.24) is 5.32 Å². The molecule has 2 rings (SSSR count). The summed E-state index contributed by atoms with van der Waals surface area (Å²) in [5.41, 5.74) is 1.27. The van der Waals surface area contributed by atoms with Gasteiger partial charge in [0, 0.05) is 24.1 Å². The lowest BCUT2D eigenvalue weighted by Gasteiger charge is -2.33. The van der Waals surface area contributed by atoms with E-state index >= 15 is 0 Å². The second-order valence-electron chi connectivity index (χ2n) is 5.88. The number of rotatable bonds is 7. The number of fused-ring (bicyclic) bond motifs is 1. The minimum Gasteiger partial charge on any atom is -0.493 e. The van der Waals surface area contributed by atoms with Crippen LogP contribution in [0.4, 0.5) is 0 Å². The van der Waals surface area contributed by atoms with E-state index in [4.69, 9.17) is 9.84 Å². The second-order valence-corrected chi connectivity index (χ2v) is 5.88. The van der Waals surface area contributed by atoms with Crippen molar-refractivity contribution < 1.29 is 9.84 Å². The minimum atomic E-state index is 0.284. The molecule has 0 spiro atoms. The first-order chi connectivity index (χ1) is 9.76. The Balaban J connectivity index is 2.00. The van der Waals surface area contributed by atoms with E-state index in [2.05, 4.69) is 31.3 Å². The van der Waals surface area contributed by atoms with Crippen molar-refractivity contribution in [1.29, 1.82) is 0 Å². The monoisotopic (exact) mass is 277 g/mol. The molecule has 0 radical (unpaired) electrons. The van der Waals surface area contributed by atoms with Gasteiger partial charge in [-0.2, -0.15) is 0 Å². The van der Waals surface area contributed by atoms with E-state index in [0.29, 0.717) is 17.9 Å². The lowest BCUT2D eigenvalue weighted by Crippen LogP contribution is -2.36. The Morgan fingerprint density at radius 3 is 2.90 bits per heavy atom. The number of aliphatic hydroxyl groups excluding tert-OH is 1. The molecule has 1 aliphatic rings. The molecule has 0 aromatic heterocycles. The predicted molar refractivity (Wildman–Crippen MR) is 81.9 cm³/mol. The highest BCUT2D eigenvalue weighted by Crippen LogP contribution is 2.35. The van der Waals surface area contributed by atoms with Gasteiger partial charge in [-0.25, -0.2) is 0 Å². The van der Waals surface area contributed by atoms with Gasteiger partial charge >= 0.3 is 0 Å². The average molecular weight is 277 g/mol. The van der Waals surface area contributed by atoms with Crippen LogP contribution in [-0.4, -0.2) is 24.9 Å². The van der Waals surface area contributed by atoms with Crippen LogP contribution in [0.5, 0.6) is 5.75 Å². The second kappa shape index (κ2) is 7.65. The normalized spacial score (nSPS) is 22.9. The number of hydrogen-bond donors (Lipinski definition) is 2. The number of hydrogen-bond acceptors (Lipinski definition) is 3. The van der Waals surface area contributed by atoms with Gasteiger partial charge < -0.3 is 15.2 Å². The predicted octanol–water partition coefficient (Wildman–Crippen LogP) is 3.14. The maximum atomic E-state index is 9.16. The van der Waals surface area contributed by atoms with Crippen LogP contribution in [0.25, 0.3) is 0 Å². The molecule has 2 N–H and O–H groups in total. The highest BCUT2D eigenvalue weighted by atomic mass is 16.5. The highest BCUT2D eigenvalue weighted by Gasteiger charge is 2.27. The third-order valence-electron chi connectivity index (χ3n) is 4.19. The van der Waals surface area contributed by atoms with Gasteiger partial charge in [0.15, 0.2) is 0 Å². The van der Waals surface area contributed by atoms with Gasteiger partial charge in [0.1, 0.15) is 5.75 Å². The van der Waals surface area contributed by atoms with E-state index in [-0.39, 0.29) is 6.61 Å². The zero-order valence-electron chi connectivity index (χ0n) is 12.6. The van der Waals surface area contributed by atoms with Gasteiger partial charge in [0.2, 0.25) is 0 Å². The summed E-state index contributed by atoms with van der Waals surface area (Å²) in [6.45, 7) is 6.46. The van der Waals surface area contributed by atoms with Gasteiger partial charge in [0.25, 0.3) is 0 Å². The van der Waals surface area contributed by atoms with Crippen molar-refractivity contribution in [2.45, 2.75) is 39.2 Å². The summed E-state index contributed by atoms with van der Waals surface area (Å²) in [6.07, 6.45) is 3.24. The summed E-state index contributed by atoms with van der Waals surface area (Å²) >= 11 is 0. The fraction of sp³-hybridized carbons (Fsp3) is 0.647. The summed E-state index contributed by atoms with van der Waals surface area (Å²) in [6, 6.07) is 8.67. The van der Waals surface area contributed by atoms with E-state index in [9.17, 15) is 0 Å². The lowest BCUT2D eigenvalue weighted by atomic mass is 9.91. The number of nitrogens with one attached hydrogen (secondary N) is 1. The molecule has 0 saturated heterocycles. The van der Waals surface area contributed by atoms with Gasteiger partial charge in [-0.3, -0.25) is 0 Å². The third-order valence-corrected chi connectivity index (χ3v) is 4.19. The molecule has 3 atom stereocenters. The van der Waals surface area contributed by atoms with Crippen molar-refractivity contribution >= 4 is 0 Å². The molecule has 112 valence electrons. The average Bonchev–Trinajstić information content (AvgIpc) is 2.46. The van der Waals surface area contributed by atoms with Crippen LogP contribution in [0.2, 0.25) is 0 Å². The van der Waals surface area contributed by atoms with E-state index in [1.54, 1.807) is 0 Å². The van der Waals surface area contributed by atoms with Gasteiger partial charge in [0.05, 0.1) is 6.61 Å². The van der Waals surface area contributed by atoms with Gasteiger partial charge in [-0.15, -0.1) is 0 Å². The summed E-state index contributed by atoms with van der Waals surface area (Å²) in [5, 5.41) is 12.9. The standard InChI is InChI=1S/C17H27NO2/c1-3-6-14(9-10-19)11-18-17-13(2)12-20-16-8-5-4-7-15(16)17/h4-5,7-8,13-14,17-19H,3,6,9-12H2,1-2H3. The molecule has 0 aliphatic carbocycles. The summed E-state index contributed by atoms with van der Waals surface area (Å²) < 4.78 is 5.79. The van der Waals surface area contributed by atoms with Crippen LogP contribution in [0.15, 0.2) is 24.3 Å². The Labute approximate surface area is 122 Å². The molecule has 0 amide bonds. The Morgan fingerprint density at radius 2 is 2.15 bits per heavy atom. The Bertz CT molecular complexity index is 402. The number of aliphatic hydroxyl groups is 1. The highest BCUT2D eigenvalue weighted by molar-refractivity contribution is 5.37. The summed E-state index contributed by atoms with van der Waals surface area (Å²) in [7, 11) is 0. The molecule has 1 heterocycles. The molecule has 3 nitrogen and oxygen atoms in total. The Morgan fingerprint density at radius 1 is 1.35 bits per heavy atom. The first kappa shape index (κ1) is 15.3. The zero-order chi connectivity index (χ0) is 14.4. The van der Waals surface area contributed by atoms with Crippen LogP contribution in [0, 0.1) is 11.8 Å². The van der Waals surface area contributed by atoms with Crippen molar-refractivity contribution in [2.75, 3.05) is 19.8 Å². The third kappa shape index (κ3) is 3.74. The summed E-state index contributed by atoms with van der Waals surface area (Å²) in [5.74, 6) is 2.05. The molecular weight excluding hydrogens is 250 g/mol. The quantitative estimate of drug-likeness (QED) is 0.804. The van der Waals surface area contributed by atoms with Crippen LogP contribution >= 0.6 is 0 Å². The molecular formula is C17H27NO2. The lowest BCUT2D eigenvalue weighted by molar-refractivity contribution is 0.179. The zero-order valence-corrected chi connectivity index (χ0v) is 12.6. The SMILES string of the molecule is CCCC(CCO)CNC1c2ccccc2OCC1C. The molecule has 1 aromatic rings. The number of ether oxygens (including phenoxy) is 1. The first-order valence-corrected chi connectivity index (χ1v) is 7.82. The van der Waals surface area contributed by atoms with Crippen LogP contribution in [0.1, 0.15) is 44.7 Å².